The Morgan fingerprint density at radius 1 is 1.11 bits per heavy atom. The quantitative estimate of drug-likeness (QED) is 0.556. The Bertz CT molecular complexity index is 998. The van der Waals surface area contributed by atoms with Crippen LogP contribution in [0, 0.1) is 0 Å². The Balaban J connectivity index is 1.94. The molecule has 142 valence electrons. The molecule has 2 heterocycles. The standard InChI is InChI=1S/C20H20Cl3N3O/c1-2-12(11-27)14-5-6-15(22)18-19(14)26-9-3-8-25(20(26)24-18)17-7-4-13(21)10-16(17)23/h4-7,10,12,27H,2-3,8-9,11H2,1H3. The van der Waals surface area contributed by atoms with Crippen molar-refractivity contribution in [1.82, 2.24) is 9.55 Å². The van der Waals surface area contributed by atoms with E-state index in [1.54, 1.807) is 6.07 Å². The van der Waals surface area contributed by atoms with Crippen LogP contribution in [0.15, 0.2) is 30.3 Å². The van der Waals surface area contributed by atoms with E-state index in [4.69, 9.17) is 39.8 Å². The second kappa shape index (κ2) is 7.51. The summed E-state index contributed by atoms with van der Waals surface area (Å²) in [6.45, 7) is 3.84. The summed E-state index contributed by atoms with van der Waals surface area (Å²) < 4.78 is 2.20. The highest BCUT2D eigenvalue weighted by Gasteiger charge is 2.27. The highest BCUT2D eigenvalue weighted by Crippen LogP contribution is 2.40. The van der Waals surface area contributed by atoms with Crippen LogP contribution in [-0.2, 0) is 6.54 Å². The molecule has 0 amide bonds. The number of aliphatic hydroxyl groups is 1. The van der Waals surface area contributed by atoms with Crippen LogP contribution < -0.4 is 4.90 Å². The molecule has 0 saturated heterocycles. The lowest BCUT2D eigenvalue weighted by Gasteiger charge is -2.30. The summed E-state index contributed by atoms with van der Waals surface area (Å²) in [5.74, 6) is 0.877. The second-order valence-corrected chi connectivity index (χ2v) is 8.04. The molecule has 1 aliphatic rings. The van der Waals surface area contributed by atoms with E-state index >= 15 is 0 Å². The van der Waals surface area contributed by atoms with Gasteiger partial charge in [-0.15, -0.1) is 0 Å². The second-order valence-electron chi connectivity index (χ2n) is 6.79. The van der Waals surface area contributed by atoms with Crippen molar-refractivity contribution in [3.8, 4) is 0 Å². The van der Waals surface area contributed by atoms with Crippen molar-refractivity contribution >= 4 is 57.5 Å². The lowest BCUT2D eigenvalue weighted by Crippen LogP contribution is -2.28. The summed E-state index contributed by atoms with van der Waals surface area (Å²) in [4.78, 5) is 6.98. The van der Waals surface area contributed by atoms with Gasteiger partial charge in [0.15, 0.2) is 0 Å². The van der Waals surface area contributed by atoms with E-state index in [0.717, 1.165) is 54.2 Å². The van der Waals surface area contributed by atoms with Crippen molar-refractivity contribution in [2.24, 2.45) is 0 Å². The van der Waals surface area contributed by atoms with Gasteiger partial charge in [0.2, 0.25) is 5.95 Å². The van der Waals surface area contributed by atoms with E-state index in [2.05, 4.69) is 16.4 Å². The van der Waals surface area contributed by atoms with Gasteiger partial charge >= 0.3 is 0 Å². The van der Waals surface area contributed by atoms with Crippen LogP contribution in [0.2, 0.25) is 15.1 Å². The van der Waals surface area contributed by atoms with Crippen molar-refractivity contribution in [2.75, 3.05) is 18.1 Å². The van der Waals surface area contributed by atoms with Crippen LogP contribution in [0.4, 0.5) is 11.6 Å². The van der Waals surface area contributed by atoms with Crippen molar-refractivity contribution in [3.63, 3.8) is 0 Å². The van der Waals surface area contributed by atoms with Crippen molar-refractivity contribution < 1.29 is 5.11 Å². The van der Waals surface area contributed by atoms with Crippen LogP contribution in [0.25, 0.3) is 11.0 Å². The average molecular weight is 425 g/mol. The normalized spacial score (nSPS) is 15.2. The minimum atomic E-state index is 0.0556. The largest absolute Gasteiger partial charge is 0.396 e. The topological polar surface area (TPSA) is 41.3 Å². The number of halogens is 3. The smallest absolute Gasteiger partial charge is 0.211 e. The van der Waals surface area contributed by atoms with Gasteiger partial charge in [0.25, 0.3) is 0 Å². The van der Waals surface area contributed by atoms with Gasteiger partial charge < -0.3 is 14.6 Å². The third kappa shape index (κ3) is 3.19. The monoisotopic (exact) mass is 423 g/mol. The molecule has 4 rings (SSSR count). The Hall–Kier alpha value is -1.46. The highest BCUT2D eigenvalue weighted by atomic mass is 35.5. The minimum Gasteiger partial charge on any atom is -0.396 e. The number of hydrogen-bond donors (Lipinski definition) is 1. The third-order valence-electron chi connectivity index (χ3n) is 5.21. The van der Waals surface area contributed by atoms with Crippen LogP contribution >= 0.6 is 34.8 Å². The summed E-state index contributed by atoms with van der Waals surface area (Å²) in [6.07, 6.45) is 1.81. The van der Waals surface area contributed by atoms with Crippen molar-refractivity contribution in [1.29, 1.82) is 0 Å². The fourth-order valence-corrected chi connectivity index (χ4v) is 4.54. The molecule has 27 heavy (non-hydrogen) atoms. The summed E-state index contributed by atoms with van der Waals surface area (Å²) >= 11 is 19.0. The highest BCUT2D eigenvalue weighted by molar-refractivity contribution is 6.36. The van der Waals surface area contributed by atoms with E-state index in [9.17, 15) is 5.11 Å². The molecule has 0 radical (unpaired) electrons. The van der Waals surface area contributed by atoms with Gasteiger partial charge in [-0.25, -0.2) is 4.98 Å². The number of anilines is 2. The SMILES string of the molecule is CCC(CO)c1ccc(Cl)c2nc3n(c12)CCCN3c1ccc(Cl)cc1Cl. The zero-order valence-electron chi connectivity index (χ0n) is 14.9. The third-order valence-corrected chi connectivity index (χ3v) is 6.06. The first kappa shape index (κ1) is 18.9. The van der Waals surface area contributed by atoms with Crippen molar-refractivity contribution in [3.05, 3.63) is 51.0 Å². The van der Waals surface area contributed by atoms with Gasteiger partial charge in [0.1, 0.15) is 5.52 Å². The summed E-state index contributed by atoms with van der Waals surface area (Å²) in [7, 11) is 0. The van der Waals surface area contributed by atoms with E-state index in [1.807, 2.05) is 24.3 Å². The van der Waals surface area contributed by atoms with Crippen LogP contribution in [0.5, 0.6) is 0 Å². The van der Waals surface area contributed by atoms with E-state index in [1.165, 1.54) is 0 Å². The number of aliphatic hydroxyl groups excluding tert-OH is 1. The average Bonchev–Trinajstić information content (AvgIpc) is 3.05. The maximum atomic E-state index is 9.84. The van der Waals surface area contributed by atoms with Crippen LogP contribution in [0.1, 0.15) is 31.2 Å². The first-order valence-electron chi connectivity index (χ1n) is 9.07. The number of aryl methyl sites for hydroxylation is 1. The number of aromatic nitrogens is 2. The molecule has 4 nitrogen and oxygen atoms in total. The van der Waals surface area contributed by atoms with Gasteiger partial charge in [-0.2, -0.15) is 0 Å². The molecule has 0 fully saturated rings. The molecule has 0 aliphatic carbocycles. The fraction of sp³-hybridized carbons (Fsp3) is 0.350. The summed E-state index contributed by atoms with van der Waals surface area (Å²) in [5, 5.41) is 11.7. The maximum Gasteiger partial charge on any atom is 0.211 e. The molecular weight excluding hydrogens is 405 g/mol. The molecule has 1 aromatic heterocycles. The summed E-state index contributed by atoms with van der Waals surface area (Å²) in [5.41, 5.74) is 3.74. The molecule has 1 N–H and O–H groups in total. The minimum absolute atomic E-state index is 0.0556. The Kier molecular flexibility index (Phi) is 5.26. The predicted octanol–water partition coefficient (Wildman–Crippen LogP) is 6.02. The Morgan fingerprint density at radius 2 is 1.93 bits per heavy atom. The molecule has 3 aromatic rings. The fourth-order valence-electron chi connectivity index (χ4n) is 3.83. The van der Waals surface area contributed by atoms with Gasteiger partial charge in [-0.3, -0.25) is 0 Å². The Labute approximate surface area is 173 Å². The van der Waals surface area contributed by atoms with Crippen LogP contribution in [-0.4, -0.2) is 27.8 Å². The maximum absolute atomic E-state index is 9.84. The summed E-state index contributed by atoms with van der Waals surface area (Å²) in [6, 6.07) is 9.39. The molecule has 0 bridgehead atoms. The number of nitrogens with zero attached hydrogens (tertiary/aromatic N) is 3. The molecular formula is C20H20Cl3N3O. The van der Waals surface area contributed by atoms with Gasteiger partial charge in [0, 0.05) is 30.6 Å². The van der Waals surface area contributed by atoms with Gasteiger partial charge in [0.05, 0.1) is 21.2 Å². The number of rotatable bonds is 4. The lowest BCUT2D eigenvalue weighted by atomic mass is 9.96. The molecule has 0 saturated carbocycles. The molecule has 2 aromatic carbocycles. The molecule has 0 spiro atoms. The molecule has 1 aliphatic heterocycles. The first-order chi connectivity index (χ1) is 13.0. The molecule has 7 heteroatoms. The first-order valence-corrected chi connectivity index (χ1v) is 10.2. The molecule has 1 unspecified atom stereocenters. The number of hydrogen-bond acceptors (Lipinski definition) is 3. The van der Waals surface area contributed by atoms with E-state index in [0.29, 0.717) is 15.1 Å². The van der Waals surface area contributed by atoms with E-state index < -0.39 is 0 Å². The lowest BCUT2D eigenvalue weighted by molar-refractivity contribution is 0.263. The predicted molar refractivity (Wildman–Crippen MR) is 113 cm³/mol. The van der Waals surface area contributed by atoms with Gasteiger partial charge in [-0.1, -0.05) is 47.8 Å². The number of benzene rings is 2. The van der Waals surface area contributed by atoms with Gasteiger partial charge in [-0.05, 0) is 42.7 Å². The zero-order chi connectivity index (χ0) is 19.1. The van der Waals surface area contributed by atoms with Crippen LogP contribution in [0.3, 0.4) is 0 Å². The number of fused-ring (bicyclic) bond motifs is 3. The number of imidazole rings is 1. The Morgan fingerprint density at radius 3 is 2.63 bits per heavy atom. The zero-order valence-corrected chi connectivity index (χ0v) is 17.2. The van der Waals surface area contributed by atoms with Crippen molar-refractivity contribution in [2.45, 2.75) is 32.2 Å². The van der Waals surface area contributed by atoms with E-state index in [-0.39, 0.29) is 12.5 Å². The molecule has 1 atom stereocenters.